The van der Waals surface area contributed by atoms with Gasteiger partial charge in [-0.15, -0.1) is 0 Å². The second-order valence-electron chi connectivity index (χ2n) is 6.71. The molecule has 124 valence electrons. The molecular weight excluding hydrogens is 294 g/mol. The number of carboxylic acid groups (broad SMARTS) is 1. The lowest BCUT2D eigenvalue weighted by molar-refractivity contribution is -0.139. The third-order valence-corrected chi connectivity index (χ3v) is 5.21. The van der Waals surface area contributed by atoms with E-state index in [4.69, 9.17) is 5.11 Å². The Labute approximate surface area is 135 Å². The summed E-state index contributed by atoms with van der Waals surface area (Å²) < 4.78 is 0. The first-order valence-corrected chi connectivity index (χ1v) is 8.21. The van der Waals surface area contributed by atoms with Crippen molar-refractivity contribution in [3.05, 3.63) is 30.1 Å². The van der Waals surface area contributed by atoms with E-state index in [1.807, 2.05) is 17.0 Å². The number of piperidine rings is 1. The van der Waals surface area contributed by atoms with E-state index in [2.05, 4.69) is 10.3 Å². The van der Waals surface area contributed by atoms with Gasteiger partial charge >= 0.3 is 5.97 Å². The first-order valence-electron chi connectivity index (χ1n) is 8.21. The molecule has 0 aliphatic carbocycles. The van der Waals surface area contributed by atoms with E-state index in [1.54, 1.807) is 12.4 Å². The molecule has 0 bridgehead atoms. The molecule has 3 rings (SSSR count). The number of nitrogens with one attached hydrogen (secondary N) is 1. The molecule has 2 N–H and O–H groups in total. The SMILES string of the molecule is O=C(O)[C@@H]1CC2(CCN(C(=O)CCc3ccncc3)CC2)CN1. The molecule has 3 heterocycles. The molecule has 1 amide bonds. The maximum absolute atomic E-state index is 12.3. The van der Waals surface area contributed by atoms with E-state index < -0.39 is 12.0 Å². The fraction of sp³-hybridized carbons (Fsp3) is 0.588. The van der Waals surface area contributed by atoms with E-state index in [9.17, 15) is 9.59 Å². The van der Waals surface area contributed by atoms with Crippen molar-refractivity contribution in [3.63, 3.8) is 0 Å². The minimum atomic E-state index is -0.766. The quantitative estimate of drug-likeness (QED) is 0.868. The van der Waals surface area contributed by atoms with E-state index in [0.29, 0.717) is 12.8 Å². The fourth-order valence-electron chi connectivity index (χ4n) is 3.66. The Kier molecular flexibility index (Phi) is 4.61. The van der Waals surface area contributed by atoms with Gasteiger partial charge in [-0.25, -0.2) is 0 Å². The highest BCUT2D eigenvalue weighted by Gasteiger charge is 2.43. The van der Waals surface area contributed by atoms with Crippen LogP contribution in [0.3, 0.4) is 0 Å². The number of pyridine rings is 1. The summed E-state index contributed by atoms with van der Waals surface area (Å²) in [4.78, 5) is 29.3. The van der Waals surface area contributed by atoms with Crippen LogP contribution in [0.15, 0.2) is 24.5 Å². The number of aliphatic carboxylic acids is 1. The molecule has 2 fully saturated rings. The average molecular weight is 317 g/mol. The highest BCUT2D eigenvalue weighted by Crippen LogP contribution is 2.39. The molecule has 0 radical (unpaired) electrons. The summed E-state index contributed by atoms with van der Waals surface area (Å²) in [5.41, 5.74) is 1.19. The third-order valence-electron chi connectivity index (χ3n) is 5.21. The Balaban J connectivity index is 1.47. The standard InChI is InChI=1S/C17H23N3O3/c21-15(2-1-13-3-7-18-8-4-13)20-9-5-17(6-10-20)11-14(16(22)23)19-12-17/h3-4,7-8,14,19H,1-2,5-6,9-12H2,(H,22,23)/t14-/m0/s1. The van der Waals surface area contributed by atoms with Crippen molar-refractivity contribution < 1.29 is 14.7 Å². The molecular formula is C17H23N3O3. The zero-order chi connectivity index (χ0) is 16.3. The van der Waals surface area contributed by atoms with E-state index in [0.717, 1.165) is 44.5 Å². The van der Waals surface area contributed by atoms with Crippen LogP contribution in [0.2, 0.25) is 0 Å². The Morgan fingerprint density at radius 2 is 2.00 bits per heavy atom. The zero-order valence-electron chi connectivity index (χ0n) is 13.2. The summed E-state index contributed by atoms with van der Waals surface area (Å²) >= 11 is 0. The van der Waals surface area contributed by atoms with Crippen LogP contribution < -0.4 is 5.32 Å². The predicted octanol–water partition coefficient (Wildman–Crippen LogP) is 1.07. The molecule has 1 spiro atoms. The molecule has 0 saturated carbocycles. The second-order valence-corrected chi connectivity index (χ2v) is 6.71. The molecule has 6 nitrogen and oxygen atoms in total. The smallest absolute Gasteiger partial charge is 0.320 e. The van der Waals surface area contributed by atoms with E-state index >= 15 is 0 Å². The van der Waals surface area contributed by atoms with Crippen LogP contribution in [0, 0.1) is 5.41 Å². The number of rotatable bonds is 4. The summed E-state index contributed by atoms with van der Waals surface area (Å²) in [6.45, 7) is 2.23. The number of nitrogens with zero attached hydrogens (tertiary/aromatic N) is 2. The van der Waals surface area contributed by atoms with Crippen LogP contribution in [-0.4, -0.2) is 52.5 Å². The van der Waals surface area contributed by atoms with Gasteiger partial charge in [0.2, 0.25) is 5.91 Å². The maximum Gasteiger partial charge on any atom is 0.320 e. The molecule has 1 aromatic heterocycles. The van der Waals surface area contributed by atoms with Gasteiger partial charge in [-0.1, -0.05) is 0 Å². The molecule has 0 unspecified atom stereocenters. The predicted molar refractivity (Wildman–Crippen MR) is 84.8 cm³/mol. The van der Waals surface area contributed by atoms with Crippen LogP contribution in [-0.2, 0) is 16.0 Å². The maximum atomic E-state index is 12.3. The van der Waals surface area contributed by atoms with Gasteiger partial charge in [-0.2, -0.15) is 0 Å². The lowest BCUT2D eigenvalue weighted by Gasteiger charge is -2.39. The number of aryl methyl sites for hydroxylation is 1. The van der Waals surface area contributed by atoms with Crippen LogP contribution in [0.1, 0.15) is 31.2 Å². The van der Waals surface area contributed by atoms with Crippen LogP contribution >= 0.6 is 0 Å². The van der Waals surface area contributed by atoms with Gasteiger partial charge in [0.1, 0.15) is 6.04 Å². The Morgan fingerprint density at radius 1 is 1.30 bits per heavy atom. The van der Waals surface area contributed by atoms with Crippen molar-refractivity contribution in [2.24, 2.45) is 5.41 Å². The minimum absolute atomic E-state index is 0.0605. The lowest BCUT2D eigenvalue weighted by atomic mass is 9.76. The Hall–Kier alpha value is -1.95. The first kappa shape index (κ1) is 15.9. The minimum Gasteiger partial charge on any atom is -0.480 e. The number of aromatic nitrogens is 1. The fourth-order valence-corrected chi connectivity index (χ4v) is 3.66. The van der Waals surface area contributed by atoms with Crippen LogP contribution in [0.4, 0.5) is 0 Å². The number of carbonyl (C=O) groups excluding carboxylic acids is 1. The highest BCUT2D eigenvalue weighted by atomic mass is 16.4. The summed E-state index contributed by atoms with van der Waals surface area (Å²) in [5, 5.41) is 12.2. The molecule has 1 aromatic rings. The Bertz CT molecular complexity index is 568. The monoisotopic (exact) mass is 317 g/mol. The summed E-state index contributed by atoms with van der Waals surface area (Å²) in [5.74, 6) is -0.574. The number of hydrogen-bond donors (Lipinski definition) is 2. The van der Waals surface area contributed by atoms with E-state index in [1.165, 1.54) is 0 Å². The summed E-state index contributed by atoms with van der Waals surface area (Å²) in [6.07, 6.45) is 7.22. The van der Waals surface area contributed by atoms with Crippen molar-refractivity contribution in [3.8, 4) is 0 Å². The van der Waals surface area contributed by atoms with Crippen LogP contribution in [0.5, 0.6) is 0 Å². The molecule has 2 saturated heterocycles. The number of carboxylic acids is 1. The lowest BCUT2D eigenvalue weighted by Crippen LogP contribution is -2.44. The first-order chi connectivity index (χ1) is 11.1. The van der Waals surface area contributed by atoms with Crippen molar-refractivity contribution >= 4 is 11.9 Å². The van der Waals surface area contributed by atoms with Crippen LogP contribution in [0.25, 0.3) is 0 Å². The molecule has 2 aliphatic rings. The summed E-state index contributed by atoms with van der Waals surface area (Å²) in [7, 11) is 0. The topological polar surface area (TPSA) is 82.5 Å². The van der Waals surface area contributed by atoms with Gasteiger partial charge in [-0.3, -0.25) is 14.6 Å². The number of carbonyl (C=O) groups is 2. The number of amides is 1. The van der Waals surface area contributed by atoms with Crippen molar-refractivity contribution in [2.45, 2.75) is 38.1 Å². The Morgan fingerprint density at radius 3 is 2.61 bits per heavy atom. The van der Waals surface area contributed by atoms with Gasteiger partial charge in [0, 0.05) is 38.4 Å². The zero-order valence-corrected chi connectivity index (χ0v) is 13.2. The molecule has 6 heteroatoms. The van der Waals surface area contributed by atoms with Gasteiger partial charge in [0.25, 0.3) is 0 Å². The van der Waals surface area contributed by atoms with Crippen molar-refractivity contribution in [1.29, 1.82) is 0 Å². The number of likely N-dealkylation sites (tertiary alicyclic amines) is 1. The second kappa shape index (κ2) is 6.66. The summed E-state index contributed by atoms with van der Waals surface area (Å²) in [6, 6.07) is 3.45. The van der Waals surface area contributed by atoms with Crippen molar-refractivity contribution in [2.75, 3.05) is 19.6 Å². The molecule has 23 heavy (non-hydrogen) atoms. The van der Waals surface area contributed by atoms with Gasteiger partial charge in [-0.05, 0) is 48.8 Å². The van der Waals surface area contributed by atoms with Gasteiger partial charge in [0.05, 0.1) is 0 Å². The van der Waals surface area contributed by atoms with Crippen molar-refractivity contribution in [1.82, 2.24) is 15.2 Å². The normalized spacial score (nSPS) is 23.1. The molecule has 1 atom stereocenters. The average Bonchev–Trinajstić information content (AvgIpc) is 2.98. The highest BCUT2D eigenvalue weighted by molar-refractivity contribution is 5.76. The molecule has 0 aromatic carbocycles. The van der Waals surface area contributed by atoms with Gasteiger partial charge in [0.15, 0.2) is 0 Å². The third kappa shape index (κ3) is 3.69. The number of hydrogen-bond acceptors (Lipinski definition) is 4. The van der Waals surface area contributed by atoms with E-state index in [-0.39, 0.29) is 11.3 Å². The largest absolute Gasteiger partial charge is 0.480 e. The molecule has 2 aliphatic heterocycles. The van der Waals surface area contributed by atoms with Gasteiger partial charge < -0.3 is 15.3 Å².